The molecular formula is C12H18BrNO2S. The van der Waals surface area contributed by atoms with Crippen LogP contribution < -0.4 is 4.72 Å². The molecule has 0 aliphatic carbocycles. The van der Waals surface area contributed by atoms with Crippen molar-refractivity contribution in [2.24, 2.45) is 0 Å². The van der Waals surface area contributed by atoms with E-state index in [9.17, 15) is 8.42 Å². The van der Waals surface area contributed by atoms with Gasteiger partial charge in [0.25, 0.3) is 0 Å². The van der Waals surface area contributed by atoms with Crippen LogP contribution in [0.5, 0.6) is 0 Å². The summed E-state index contributed by atoms with van der Waals surface area (Å²) in [5.74, 6) is 0.154. The van der Waals surface area contributed by atoms with Crippen molar-refractivity contribution < 1.29 is 8.42 Å². The van der Waals surface area contributed by atoms with Crippen molar-refractivity contribution in [2.75, 3.05) is 6.54 Å². The highest BCUT2D eigenvalue weighted by Gasteiger charge is 2.16. The van der Waals surface area contributed by atoms with Gasteiger partial charge < -0.3 is 0 Å². The third-order valence-electron chi connectivity index (χ3n) is 2.63. The summed E-state index contributed by atoms with van der Waals surface area (Å²) in [7, 11) is -3.17. The first-order valence-electron chi connectivity index (χ1n) is 5.57. The number of hydrogen-bond donors (Lipinski definition) is 1. The third kappa shape index (κ3) is 4.41. The molecule has 0 fully saturated rings. The highest BCUT2D eigenvalue weighted by Crippen LogP contribution is 2.19. The van der Waals surface area contributed by atoms with Crippen molar-refractivity contribution in [1.29, 1.82) is 0 Å². The molecule has 1 aromatic carbocycles. The zero-order valence-corrected chi connectivity index (χ0v) is 12.7. The first-order chi connectivity index (χ1) is 7.83. The maximum Gasteiger partial charge on any atom is 0.213 e. The Hall–Kier alpha value is -0.390. The van der Waals surface area contributed by atoms with E-state index in [1.165, 1.54) is 0 Å². The van der Waals surface area contributed by atoms with Crippen molar-refractivity contribution in [3.05, 3.63) is 34.3 Å². The summed E-state index contributed by atoms with van der Waals surface area (Å²) in [4.78, 5) is 0. The predicted molar refractivity (Wildman–Crippen MR) is 74.6 cm³/mol. The summed E-state index contributed by atoms with van der Waals surface area (Å²) < 4.78 is 26.9. The van der Waals surface area contributed by atoms with E-state index in [1.54, 1.807) is 13.8 Å². The Morgan fingerprint density at radius 1 is 1.29 bits per heavy atom. The number of rotatable bonds is 5. The Kier molecular flexibility index (Phi) is 5.16. The highest BCUT2D eigenvalue weighted by atomic mass is 79.9. The molecule has 96 valence electrons. The number of benzene rings is 1. The lowest BCUT2D eigenvalue weighted by Gasteiger charge is -2.15. The second-order valence-electron chi connectivity index (χ2n) is 4.40. The minimum atomic E-state index is -3.17. The smallest absolute Gasteiger partial charge is 0.213 e. The maximum absolute atomic E-state index is 11.6. The van der Waals surface area contributed by atoms with Gasteiger partial charge in [0.05, 0.1) is 5.25 Å². The van der Waals surface area contributed by atoms with Gasteiger partial charge in [0, 0.05) is 11.0 Å². The van der Waals surface area contributed by atoms with Crippen molar-refractivity contribution in [1.82, 2.24) is 4.72 Å². The Labute approximate surface area is 112 Å². The van der Waals surface area contributed by atoms with Gasteiger partial charge in [0.15, 0.2) is 0 Å². The van der Waals surface area contributed by atoms with Gasteiger partial charge in [-0.3, -0.25) is 0 Å². The van der Waals surface area contributed by atoms with Crippen LogP contribution in [0.4, 0.5) is 0 Å². The molecule has 5 heteroatoms. The van der Waals surface area contributed by atoms with Crippen molar-refractivity contribution >= 4 is 26.0 Å². The van der Waals surface area contributed by atoms with Gasteiger partial charge in [-0.05, 0) is 37.5 Å². The Balaban J connectivity index is 2.65. The van der Waals surface area contributed by atoms with Crippen LogP contribution in [-0.2, 0) is 10.0 Å². The molecule has 1 N–H and O–H groups in total. The molecule has 17 heavy (non-hydrogen) atoms. The number of nitrogens with one attached hydrogen (secondary N) is 1. The zero-order chi connectivity index (χ0) is 13.1. The number of halogens is 1. The van der Waals surface area contributed by atoms with Crippen molar-refractivity contribution in [3.63, 3.8) is 0 Å². The van der Waals surface area contributed by atoms with E-state index in [-0.39, 0.29) is 5.92 Å². The molecular weight excluding hydrogens is 302 g/mol. The van der Waals surface area contributed by atoms with Gasteiger partial charge in [-0.2, -0.15) is 0 Å². The van der Waals surface area contributed by atoms with Crippen LogP contribution in [-0.4, -0.2) is 20.2 Å². The van der Waals surface area contributed by atoms with Crippen molar-refractivity contribution in [2.45, 2.75) is 31.9 Å². The first-order valence-corrected chi connectivity index (χ1v) is 7.91. The lowest BCUT2D eigenvalue weighted by atomic mass is 10.0. The number of hydrogen-bond acceptors (Lipinski definition) is 2. The fourth-order valence-electron chi connectivity index (χ4n) is 1.34. The van der Waals surface area contributed by atoms with E-state index in [0.29, 0.717) is 6.54 Å². The van der Waals surface area contributed by atoms with E-state index in [0.717, 1.165) is 10.0 Å². The molecule has 0 aliphatic rings. The summed E-state index contributed by atoms with van der Waals surface area (Å²) in [6.45, 7) is 5.78. The maximum atomic E-state index is 11.6. The van der Waals surface area contributed by atoms with E-state index >= 15 is 0 Å². The quantitative estimate of drug-likeness (QED) is 0.907. The average Bonchev–Trinajstić information content (AvgIpc) is 2.25. The first kappa shape index (κ1) is 14.7. The van der Waals surface area contributed by atoms with E-state index in [4.69, 9.17) is 0 Å². The lowest BCUT2D eigenvalue weighted by Crippen LogP contribution is -2.33. The molecule has 1 atom stereocenters. The minimum Gasteiger partial charge on any atom is -0.214 e. The van der Waals surface area contributed by atoms with Gasteiger partial charge in [-0.25, -0.2) is 13.1 Å². The standard InChI is InChI=1S/C12H18BrNO2S/c1-9(2)17(15,16)14-8-10(3)11-5-4-6-12(13)7-11/h4-7,9-10,14H,8H2,1-3H3. The molecule has 1 aromatic rings. The van der Waals surface area contributed by atoms with Crippen LogP contribution in [0.2, 0.25) is 0 Å². The third-order valence-corrected chi connectivity index (χ3v) is 4.93. The van der Waals surface area contributed by atoms with E-state index < -0.39 is 15.3 Å². The largest absolute Gasteiger partial charge is 0.214 e. The molecule has 0 saturated heterocycles. The summed E-state index contributed by atoms with van der Waals surface area (Å²) in [6, 6.07) is 7.91. The normalized spacial score (nSPS) is 13.9. The second kappa shape index (κ2) is 5.98. The monoisotopic (exact) mass is 319 g/mol. The van der Waals surface area contributed by atoms with Crippen LogP contribution in [0, 0.1) is 0 Å². The van der Waals surface area contributed by atoms with Crippen LogP contribution in [0.25, 0.3) is 0 Å². The van der Waals surface area contributed by atoms with Gasteiger partial charge in [0.1, 0.15) is 0 Å². The molecule has 0 aliphatic heterocycles. The zero-order valence-electron chi connectivity index (χ0n) is 10.3. The van der Waals surface area contributed by atoms with Crippen LogP contribution in [0.3, 0.4) is 0 Å². The molecule has 0 heterocycles. The van der Waals surface area contributed by atoms with Crippen LogP contribution in [0.1, 0.15) is 32.3 Å². The minimum absolute atomic E-state index is 0.154. The summed E-state index contributed by atoms with van der Waals surface area (Å²) in [5.41, 5.74) is 1.12. The fourth-order valence-corrected chi connectivity index (χ4v) is 2.57. The van der Waals surface area contributed by atoms with Crippen molar-refractivity contribution in [3.8, 4) is 0 Å². The van der Waals surface area contributed by atoms with Gasteiger partial charge >= 0.3 is 0 Å². The Morgan fingerprint density at radius 2 is 1.94 bits per heavy atom. The molecule has 3 nitrogen and oxygen atoms in total. The van der Waals surface area contributed by atoms with Gasteiger partial charge in [-0.15, -0.1) is 0 Å². The lowest BCUT2D eigenvalue weighted by molar-refractivity contribution is 0.566. The highest BCUT2D eigenvalue weighted by molar-refractivity contribution is 9.10. The SMILES string of the molecule is CC(CNS(=O)(=O)C(C)C)c1cccc(Br)c1. The molecule has 1 rings (SSSR count). The van der Waals surface area contributed by atoms with Crippen LogP contribution in [0.15, 0.2) is 28.7 Å². The van der Waals surface area contributed by atoms with Gasteiger partial charge in [-0.1, -0.05) is 35.0 Å². The van der Waals surface area contributed by atoms with Crippen LogP contribution >= 0.6 is 15.9 Å². The second-order valence-corrected chi connectivity index (χ2v) is 7.64. The molecule has 0 spiro atoms. The molecule has 0 radical (unpaired) electrons. The summed E-state index contributed by atoms with van der Waals surface area (Å²) >= 11 is 3.41. The topological polar surface area (TPSA) is 46.2 Å². The molecule has 0 amide bonds. The molecule has 0 aromatic heterocycles. The van der Waals surface area contributed by atoms with E-state index in [2.05, 4.69) is 20.7 Å². The average molecular weight is 320 g/mol. The predicted octanol–water partition coefficient (Wildman–Crippen LogP) is 2.88. The molecule has 0 saturated carbocycles. The summed E-state index contributed by atoms with van der Waals surface area (Å²) in [5, 5.41) is -0.391. The fraction of sp³-hybridized carbons (Fsp3) is 0.500. The Morgan fingerprint density at radius 3 is 2.47 bits per heavy atom. The van der Waals surface area contributed by atoms with E-state index in [1.807, 2.05) is 31.2 Å². The summed E-state index contributed by atoms with van der Waals surface area (Å²) in [6.07, 6.45) is 0. The Bertz CT molecular complexity index is 471. The molecule has 1 unspecified atom stereocenters. The molecule has 0 bridgehead atoms. The number of sulfonamides is 1. The van der Waals surface area contributed by atoms with Gasteiger partial charge in [0.2, 0.25) is 10.0 Å².